The molecule has 0 N–H and O–H groups in total. The summed E-state index contributed by atoms with van der Waals surface area (Å²) in [5.74, 6) is 1.41. The highest BCUT2D eigenvalue weighted by atomic mass is 35.5. The average molecular weight is 461 g/mol. The Balaban J connectivity index is 1.61. The summed E-state index contributed by atoms with van der Waals surface area (Å²) in [4.78, 5) is 4.81. The lowest BCUT2D eigenvalue weighted by atomic mass is 10.0. The van der Waals surface area contributed by atoms with E-state index in [1.807, 2.05) is 47.0 Å². The van der Waals surface area contributed by atoms with Crippen molar-refractivity contribution < 1.29 is 14.2 Å². The number of hydrogen-bond acceptors (Lipinski definition) is 6. The van der Waals surface area contributed by atoms with Crippen LogP contribution in [0.25, 0.3) is 5.69 Å². The van der Waals surface area contributed by atoms with Crippen molar-refractivity contribution >= 4 is 28.9 Å². The van der Waals surface area contributed by atoms with Crippen molar-refractivity contribution in [1.29, 1.82) is 0 Å². The first kappa shape index (κ1) is 21.9. The van der Waals surface area contributed by atoms with Crippen molar-refractivity contribution in [1.82, 2.24) is 14.8 Å². The molecule has 0 unspecified atom stereocenters. The van der Waals surface area contributed by atoms with Gasteiger partial charge in [0.2, 0.25) is 0 Å². The minimum absolute atomic E-state index is 0.296. The monoisotopic (exact) mass is 460 g/mol. The molecule has 0 saturated carbocycles. The molecule has 0 spiro atoms. The van der Waals surface area contributed by atoms with Gasteiger partial charge in [0, 0.05) is 28.3 Å². The van der Waals surface area contributed by atoms with Crippen molar-refractivity contribution in [3.63, 3.8) is 0 Å². The molecule has 0 radical (unpaired) electrons. The van der Waals surface area contributed by atoms with Crippen LogP contribution in [-0.4, -0.2) is 54.0 Å². The molecule has 1 aliphatic rings. The first-order valence-electron chi connectivity index (χ1n) is 9.86. The Bertz CT molecular complexity index is 1080. The molecule has 2 heterocycles. The van der Waals surface area contributed by atoms with Crippen LogP contribution in [0.2, 0.25) is 10.0 Å². The van der Waals surface area contributed by atoms with Crippen LogP contribution < -0.4 is 0 Å². The zero-order valence-electron chi connectivity index (χ0n) is 17.1. The Kier molecular flexibility index (Phi) is 7.32. The molecule has 0 bridgehead atoms. The van der Waals surface area contributed by atoms with Gasteiger partial charge in [0.15, 0.2) is 11.6 Å². The number of aromatic nitrogens is 3. The maximum atomic E-state index is 6.48. The molecule has 0 fully saturated rings. The van der Waals surface area contributed by atoms with E-state index < -0.39 is 0 Å². The van der Waals surface area contributed by atoms with Crippen LogP contribution in [0, 0.1) is 0 Å². The first-order chi connectivity index (χ1) is 15.2. The molecule has 1 aliphatic heterocycles. The second-order valence-electron chi connectivity index (χ2n) is 6.83. The van der Waals surface area contributed by atoms with Crippen LogP contribution in [0.15, 0.2) is 47.5 Å². The molecule has 162 valence electrons. The second kappa shape index (κ2) is 10.3. The van der Waals surface area contributed by atoms with Crippen LogP contribution in [0.4, 0.5) is 0 Å². The normalized spacial score (nSPS) is 12.8. The van der Waals surface area contributed by atoms with Gasteiger partial charge < -0.3 is 14.2 Å². The topological polar surface area (TPSA) is 70.8 Å². The fourth-order valence-electron chi connectivity index (χ4n) is 3.36. The standard InChI is InChI=1S/C22H22Cl2N4O3/c1-29-8-9-30-10-11-31-14-21-27-26-20-13-25-22(16-4-2-3-5-18(16)24)17-12-15(23)6-7-19(17)28(20)21/h2-7,12H,8-11,13-14H2,1H3. The van der Waals surface area contributed by atoms with E-state index in [4.69, 9.17) is 42.4 Å². The van der Waals surface area contributed by atoms with Gasteiger partial charge in [-0.2, -0.15) is 0 Å². The SMILES string of the molecule is COCCOCCOCc1nnc2n1-c1ccc(Cl)cc1C(c1ccccc1Cl)=NC2. The number of halogens is 2. The fourth-order valence-corrected chi connectivity index (χ4v) is 3.76. The first-order valence-corrected chi connectivity index (χ1v) is 10.6. The van der Waals surface area contributed by atoms with E-state index in [0.717, 1.165) is 28.4 Å². The lowest BCUT2D eigenvalue weighted by Gasteiger charge is -2.14. The van der Waals surface area contributed by atoms with Crippen LogP contribution in [-0.2, 0) is 27.4 Å². The van der Waals surface area contributed by atoms with Crippen LogP contribution in [0.3, 0.4) is 0 Å². The summed E-state index contributed by atoms with van der Waals surface area (Å²) >= 11 is 12.8. The number of hydrogen-bond donors (Lipinski definition) is 0. The van der Waals surface area contributed by atoms with Gasteiger partial charge in [-0.3, -0.25) is 9.56 Å². The predicted molar refractivity (Wildman–Crippen MR) is 120 cm³/mol. The van der Waals surface area contributed by atoms with E-state index >= 15 is 0 Å². The Hall–Kier alpha value is -2.29. The number of fused-ring (bicyclic) bond motifs is 3. The molecule has 0 atom stereocenters. The molecule has 0 amide bonds. The summed E-state index contributed by atoms with van der Waals surface area (Å²) in [6, 6.07) is 13.3. The second-order valence-corrected chi connectivity index (χ2v) is 7.68. The Morgan fingerprint density at radius 1 is 0.935 bits per heavy atom. The van der Waals surface area contributed by atoms with Gasteiger partial charge in [-0.05, 0) is 24.3 Å². The third-order valence-electron chi connectivity index (χ3n) is 4.79. The van der Waals surface area contributed by atoms with Gasteiger partial charge in [0.05, 0.1) is 37.8 Å². The fraction of sp³-hybridized carbons (Fsp3) is 0.318. The van der Waals surface area contributed by atoms with Crippen LogP contribution in [0.1, 0.15) is 22.8 Å². The van der Waals surface area contributed by atoms with Crippen molar-refractivity contribution in [2.24, 2.45) is 4.99 Å². The van der Waals surface area contributed by atoms with E-state index in [2.05, 4.69) is 10.2 Å². The highest BCUT2D eigenvalue weighted by molar-refractivity contribution is 6.36. The van der Waals surface area contributed by atoms with E-state index in [1.54, 1.807) is 7.11 Å². The summed E-state index contributed by atoms with van der Waals surface area (Å²) in [6.07, 6.45) is 0. The van der Waals surface area contributed by atoms with Gasteiger partial charge in [-0.15, -0.1) is 10.2 Å². The van der Waals surface area contributed by atoms with Gasteiger partial charge in [0.1, 0.15) is 13.2 Å². The van der Waals surface area contributed by atoms with Gasteiger partial charge in [0.25, 0.3) is 0 Å². The third-order valence-corrected chi connectivity index (χ3v) is 5.36. The van der Waals surface area contributed by atoms with Crippen LogP contribution >= 0.6 is 23.2 Å². The summed E-state index contributed by atoms with van der Waals surface area (Å²) in [6.45, 7) is 2.68. The number of nitrogens with zero attached hydrogens (tertiary/aromatic N) is 4. The molecular formula is C22H22Cl2N4O3. The lowest BCUT2D eigenvalue weighted by Crippen LogP contribution is -2.12. The molecule has 3 aromatic rings. The average Bonchev–Trinajstić information content (AvgIpc) is 3.10. The molecular weight excluding hydrogens is 439 g/mol. The quantitative estimate of drug-likeness (QED) is 0.449. The number of rotatable bonds is 9. The number of benzene rings is 2. The maximum Gasteiger partial charge on any atom is 0.163 e. The number of ether oxygens (including phenoxy) is 3. The summed E-state index contributed by atoms with van der Waals surface area (Å²) in [5.41, 5.74) is 3.36. The largest absolute Gasteiger partial charge is 0.382 e. The van der Waals surface area contributed by atoms with Gasteiger partial charge >= 0.3 is 0 Å². The van der Waals surface area contributed by atoms with Crippen molar-refractivity contribution in [2.75, 3.05) is 33.5 Å². The number of methoxy groups -OCH3 is 1. The highest BCUT2D eigenvalue weighted by Crippen LogP contribution is 2.30. The Morgan fingerprint density at radius 3 is 2.58 bits per heavy atom. The van der Waals surface area contributed by atoms with E-state index in [0.29, 0.717) is 55.4 Å². The molecule has 9 heteroatoms. The zero-order valence-corrected chi connectivity index (χ0v) is 18.6. The molecule has 4 rings (SSSR count). The molecule has 1 aromatic heterocycles. The molecule has 2 aromatic carbocycles. The van der Waals surface area contributed by atoms with Gasteiger partial charge in [-0.1, -0.05) is 41.4 Å². The van der Waals surface area contributed by atoms with Crippen molar-refractivity contribution in [3.8, 4) is 5.69 Å². The van der Waals surface area contributed by atoms with Crippen molar-refractivity contribution in [2.45, 2.75) is 13.2 Å². The Labute approximate surface area is 190 Å². The minimum Gasteiger partial charge on any atom is -0.382 e. The lowest BCUT2D eigenvalue weighted by molar-refractivity contribution is 0.0181. The predicted octanol–water partition coefficient (Wildman–Crippen LogP) is 4.10. The molecule has 31 heavy (non-hydrogen) atoms. The van der Waals surface area contributed by atoms with E-state index in [9.17, 15) is 0 Å². The van der Waals surface area contributed by atoms with Crippen LogP contribution in [0.5, 0.6) is 0 Å². The van der Waals surface area contributed by atoms with Gasteiger partial charge in [-0.25, -0.2) is 0 Å². The number of aliphatic imine (C=N–C) groups is 1. The summed E-state index contributed by atoms with van der Waals surface area (Å²) in [7, 11) is 1.64. The zero-order chi connectivity index (χ0) is 21.6. The summed E-state index contributed by atoms with van der Waals surface area (Å²) < 4.78 is 18.1. The summed E-state index contributed by atoms with van der Waals surface area (Å²) in [5, 5.41) is 9.90. The molecule has 0 aliphatic carbocycles. The van der Waals surface area contributed by atoms with E-state index in [1.165, 1.54) is 0 Å². The highest BCUT2D eigenvalue weighted by Gasteiger charge is 2.24. The maximum absolute atomic E-state index is 6.48. The van der Waals surface area contributed by atoms with E-state index in [-0.39, 0.29) is 0 Å². The third kappa shape index (κ3) is 4.97. The minimum atomic E-state index is 0.296. The Morgan fingerprint density at radius 2 is 1.74 bits per heavy atom. The molecule has 7 nitrogen and oxygen atoms in total. The van der Waals surface area contributed by atoms with Crippen molar-refractivity contribution in [3.05, 3.63) is 75.3 Å². The molecule has 0 saturated heterocycles. The smallest absolute Gasteiger partial charge is 0.163 e.